The van der Waals surface area contributed by atoms with E-state index in [-0.39, 0.29) is 40.7 Å². The fourth-order valence-corrected chi connectivity index (χ4v) is 5.38. The zero-order valence-electron chi connectivity index (χ0n) is 20.4. The molecule has 2 atom stereocenters. The SMILES string of the molecule is CCc1c(C)/c2[n-]/c1=C\c1cc3c([n-]1)/C(=C1\[N-]/C(=C\c4[n-]c(cc4C)\C=2)[C@@H](C)[C@@H]1C)CC3=O.[Mg+2]. The first-order valence-electron chi connectivity index (χ1n) is 11.7. The molecule has 6 rings (SSSR count). The summed E-state index contributed by atoms with van der Waals surface area (Å²) in [4.78, 5) is 27.6. The molecule has 0 spiro atoms. The molecular formula is C28H26MgN4O-2. The van der Waals surface area contributed by atoms with Gasteiger partial charge in [-0.3, -0.25) is 4.79 Å². The van der Waals surface area contributed by atoms with Crippen LogP contribution in [-0.4, -0.2) is 28.8 Å². The summed E-state index contributed by atoms with van der Waals surface area (Å²) < 4.78 is 0. The van der Waals surface area contributed by atoms with Crippen molar-refractivity contribution in [2.24, 2.45) is 11.8 Å². The third-order valence-electron chi connectivity index (χ3n) is 7.53. The first-order chi connectivity index (χ1) is 15.8. The summed E-state index contributed by atoms with van der Waals surface area (Å²) in [5.41, 5.74) is 10.7. The van der Waals surface area contributed by atoms with Gasteiger partial charge in [-0.15, -0.1) is 33.5 Å². The number of hydrogen-bond acceptors (Lipinski definition) is 1. The van der Waals surface area contributed by atoms with Crippen molar-refractivity contribution in [1.82, 2.24) is 15.0 Å². The fourth-order valence-electron chi connectivity index (χ4n) is 5.38. The number of allylic oxidation sites excluding steroid dienone is 3. The minimum absolute atomic E-state index is 0. The van der Waals surface area contributed by atoms with E-state index in [1.165, 1.54) is 11.1 Å². The van der Waals surface area contributed by atoms with Gasteiger partial charge in [-0.1, -0.05) is 73.4 Å². The molecule has 0 amide bonds. The van der Waals surface area contributed by atoms with Crippen molar-refractivity contribution in [2.75, 3.05) is 0 Å². The number of fused-ring (bicyclic) bond motifs is 7. The van der Waals surface area contributed by atoms with Gasteiger partial charge in [0.2, 0.25) is 0 Å². The van der Waals surface area contributed by atoms with Crippen molar-refractivity contribution >= 4 is 52.6 Å². The van der Waals surface area contributed by atoms with Gasteiger partial charge in [0, 0.05) is 12.0 Å². The Morgan fingerprint density at radius 2 is 1.68 bits per heavy atom. The van der Waals surface area contributed by atoms with Crippen LogP contribution in [0.2, 0.25) is 0 Å². The molecule has 2 aliphatic heterocycles. The molecule has 6 heteroatoms. The van der Waals surface area contributed by atoms with Crippen molar-refractivity contribution in [3.8, 4) is 0 Å². The second-order valence-electron chi connectivity index (χ2n) is 9.54. The van der Waals surface area contributed by atoms with E-state index in [1.807, 2.05) is 12.1 Å². The summed E-state index contributed by atoms with van der Waals surface area (Å²) >= 11 is 0. The third kappa shape index (κ3) is 3.38. The molecule has 0 radical (unpaired) electrons. The number of carbonyl (C=O) groups excluding carboxylic acids is 1. The molecular weight excluding hydrogens is 433 g/mol. The topological polar surface area (TPSA) is 73.5 Å². The second-order valence-corrected chi connectivity index (χ2v) is 9.54. The zero-order valence-corrected chi connectivity index (χ0v) is 21.8. The third-order valence-corrected chi connectivity index (χ3v) is 7.53. The van der Waals surface area contributed by atoms with E-state index in [0.717, 1.165) is 62.4 Å². The molecule has 0 N–H and O–H groups in total. The Hall–Kier alpha value is -2.70. The number of carbonyl (C=O) groups is 1. The number of nitrogens with zero attached hydrogens (tertiary/aromatic N) is 4. The Morgan fingerprint density at radius 1 is 0.941 bits per heavy atom. The van der Waals surface area contributed by atoms with Gasteiger partial charge >= 0.3 is 23.1 Å². The Balaban J connectivity index is 0.00000241. The van der Waals surface area contributed by atoms with Crippen LogP contribution in [0.25, 0.3) is 29.1 Å². The normalized spacial score (nSPS) is 26.1. The molecule has 168 valence electrons. The predicted molar refractivity (Wildman–Crippen MR) is 136 cm³/mol. The average molecular weight is 459 g/mol. The predicted octanol–water partition coefficient (Wildman–Crippen LogP) is 3.33. The summed E-state index contributed by atoms with van der Waals surface area (Å²) in [7, 11) is 0. The van der Waals surface area contributed by atoms with Gasteiger partial charge in [-0.25, -0.2) is 0 Å². The van der Waals surface area contributed by atoms with E-state index in [4.69, 9.17) is 20.3 Å². The van der Waals surface area contributed by atoms with Gasteiger partial charge < -0.3 is 20.3 Å². The van der Waals surface area contributed by atoms with Crippen molar-refractivity contribution in [3.63, 3.8) is 0 Å². The summed E-state index contributed by atoms with van der Waals surface area (Å²) in [5, 5.41) is 6.89. The van der Waals surface area contributed by atoms with Crippen LogP contribution in [0.3, 0.4) is 0 Å². The quantitative estimate of drug-likeness (QED) is 0.524. The van der Waals surface area contributed by atoms with Crippen LogP contribution in [0, 0.1) is 25.7 Å². The molecule has 1 fully saturated rings. The second kappa shape index (κ2) is 8.20. The van der Waals surface area contributed by atoms with Crippen LogP contribution in [0.15, 0.2) is 23.5 Å². The van der Waals surface area contributed by atoms with E-state index >= 15 is 0 Å². The number of ketones is 1. The van der Waals surface area contributed by atoms with Crippen molar-refractivity contribution < 1.29 is 4.79 Å². The van der Waals surface area contributed by atoms with Crippen LogP contribution in [0.4, 0.5) is 0 Å². The zero-order chi connectivity index (χ0) is 23.0. The number of hydrogen-bond donors (Lipinski definition) is 0. The Kier molecular flexibility index (Phi) is 5.56. The van der Waals surface area contributed by atoms with Gasteiger partial charge in [0.1, 0.15) is 0 Å². The minimum atomic E-state index is 0. The molecule has 1 aliphatic carbocycles. The molecule has 5 nitrogen and oxygen atoms in total. The van der Waals surface area contributed by atoms with E-state index < -0.39 is 0 Å². The van der Waals surface area contributed by atoms with Gasteiger partial charge in [-0.05, 0) is 32.1 Å². The van der Waals surface area contributed by atoms with Crippen molar-refractivity contribution in [1.29, 1.82) is 0 Å². The summed E-state index contributed by atoms with van der Waals surface area (Å²) in [6, 6.07) is 4.03. The average Bonchev–Trinajstić information content (AvgIpc) is 3.54. The Bertz CT molecular complexity index is 1520. The molecule has 0 unspecified atom stereocenters. The molecule has 1 saturated heterocycles. The first-order valence-corrected chi connectivity index (χ1v) is 11.7. The monoisotopic (exact) mass is 458 g/mol. The standard InChI is InChI=1S/C28H27N4O.Mg/c1-6-19-16(5)23-9-17-7-13(2)22(29-17)12-24-14(3)15(4)27(32-24)21-11-26(33)20-8-18(30-28(20)21)10-25(19)31-23;/h7-10,12,14-15H,6,11H2,1-5H3,(H-,30,32,33);/q-3;+2/p-1/b23-9-,24-12-,25-10-;/t14-,15-;/m0./s1. The molecule has 0 saturated carbocycles. The van der Waals surface area contributed by atoms with E-state index in [0.29, 0.717) is 12.0 Å². The summed E-state index contributed by atoms with van der Waals surface area (Å²) in [6.07, 6.45) is 7.45. The molecule has 0 aromatic carbocycles. The summed E-state index contributed by atoms with van der Waals surface area (Å²) in [5.74, 6) is 0.599. The molecule has 34 heavy (non-hydrogen) atoms. The van der Waals surface area contributed by atoms with E-state index in [9.17, 15) is 4.79 Å². The Morgan fingerprint density at radius 3 is 2.44 bits per heavy atom. The van der Waals surface area contributed by atoms with Crippen LogP contribution in [-0.2, 0) is 6.42 Å². The maximum atomic E-state index is 12.9. The largest absolute Gasteiger partial charge is 2.00 e. The van der Waals surface area contributed by atoms with Crippen molar-refractivity contribution in [2.45, 2.75) is 47.5 Å². The van der Waals surface area contributed by atoms with Gasteiger partial charge in [-0.2, -0.15) is 11.4 Å². The molecule has 3 aromatic heterocycles. The first kappa shape index (κ1) is 23.1. The van der Waals surface area contributed by atoms with Crippen LogP contribution in [0.5, 0.6) is 0 Å². The van der Waals surface area contributed by atoms with Gasteiger partial charge in [0.15, 0.2) is 5.78 Å². The number of aryl methyl sites for hydroxylation is 1. The maximum absolute atomic E-state index is 12.9. The summed E-state index contributed by atoms with van der Waals surface area (Å²) in [6.45, 7) is 10.8. The molecule has 5 heterocycles. The van der Waals surface area contributed by atoms with Gasteiger partial charge in [0.25, 0.3) is 0 Å². The van der Waals surface area contributed by atoms with Crippen LogP contribution >= 0.6 is 0 Å². The number of Topliss-reactive ketones (excluding diaryl/α,β-unsaturated/α-hetero) is 1. The Labute approximate surface area is 215 Å². The molecule has 3 aromatic rings. The fraction of sp³-hybridized carbons (Fsp3) is 0.321. The molecule has 3 aliphatic rings. The van der Waals surface area contributed by atoms with Crippen LogP contribution < -0.4 is 25.7 Å². The van der Waals surface area contributed by atoms with E-state index in [1.54, 1.807) is 0 Å². The number of rotatable bonds is 1. The van der Waals surface area contributed by atoms with E-state index in [2.05, 4.69) is 52.8 Å². The van der Waals surface area contributed by atoms with Crippen molar-refractivity contribution in [3.05, 3.63) is 84.6 Å². The minimum Gasteiger partial charge on any atom is -0.664 e. The molecule has 8 bridgehead atoms. The van der Waals surface area contributed by atoms with Gasteiger partial charge in [0.05, 0.1) is 0 Å². The number of aromatic nitrogens is 3. The maximum Gasteiger partial charge on any atom is 2.00 e. The smallest absolute Gasteiger partial charge is 0.664 e. The van der Waals surface area contributed by atoms with Crippen LogP contribution in [0.1, 0.15) is 77.0 Å².